The van der Waals surface area contributed by atoms with Gasteiger partial charge in [-0.05, 0) is 48.7 Å². The van der Waals surface area contributed by atoms with Crippen LogP contribution in [0.25, 0.3) is 0 Å². The molecule has 0 unspecified atom stereocenters. The number of rotatable bonds is 7. The molecule has 0 aliphatic carbocycles. The molecule has 2 amide bonds. The predicted molar refractivity (Wildman–Crippen MR) is 110 cm³/mol. The van der Waals surface area contributed by atoms with Crippen molar-refractivity contribution in [2.24, 2.45) is 0 Å². The molecule has 3 rings (SSSR count). The van der Waals surface area contributed by atoms with Crippen molar-refractivity contribution in [3.63, 3.8) is 0 Å². The minimum atomic E-state index is -0.843. The number of carbonyl (C=O) groups excluding carboxylic acids is 2. The molecule has 2 aromatic carbocycles. The first kappa shape index (κ1) is 21.4. The predicted octanol–water partition coefficient (Wildman–Crippen LogP) is 3.98. The summed E-state index contributed by atoms with van der Waals surface area (Å²) in [5.41, 5.74) is 2.15. The van der Waals surface area contributed by atoms with Crippen LogP contribution in [0.5, 0.6) is 5.75 Å². The van der Waals surface area contributed by atoms with Gasteiger partial charge in [-0.3, -0.25) is 4.90 Å². The van der Waals surface area contributed by atoms with Gasteiger partial charge >= 0.3 is 12.0 Å². The molecular weight excluding hydrogens is 387 g/mol. The van der Waals surface area contributed by atoms with E-state index in [1.807, 2.05) is 31.2 Å². The third-order valence-electron chi connectivity index (χ3n) is 4.94. The molecular formula is C23H25FN2O4. The van der Waals surface area contributed by atoms with Crippen molar-refractivity contribution >= 4 is 12.0 Å². The van der Waals surface area contributed by atoms with Crippen LogP contribution in [0.15, 0.2) is 59.8 Å². The number of aryl methyl sites for hydroxylation is 1. The zero-order valence-electron chi connectivity index (χ0n) is 17.3. The van der Waals surface area contributed by atoms with Gasteiger partial charge in [-0.15, -0.1) is 0 Å². The average molecular weight is 412 g/mol. The molecule has 30 heavy (non-hydrogen) atoms. The number of hydrogen-bond donors (Lipinski definition) is 1. The summed E-state index contributed by atoms with van der Waals surface area (Å²) in [6.45, 7) is 3.90. The van der Waals surface area contributed by atoms with E-state index in [0.717, 1.165) is 12.0 Å². The Morgan fingerprint density at radius 3 is 2.63 bits per heavy atom. The number of esters is 1. The molecule has 1 heterocycles. The van der Waals surface area contributed by atoms with Crippen molar-refractivity contribution in [2.45, 2.75) is 26.3 Å². The first-order valence-corrected chi connectivity index (χ1v) is 9.86. The molecule has 0 radical (unpaired) electrons. The first-order valence-electron chi connectivity index (χ1n) is 9.86. The Labute approximate surface area is 175 Å². The molecule has 1 atom stereocenters. The smallest absolute Gasteiger partial charge is 0.338 e. The van der Waals surface area contributed by atoms with Crippen molar-refractivity contribution in [1.82, 2.24) is 10.2 Å². The number of urea groups is 1. The van der Waals surface area contributed by atoms with Crippen molar-refractivity contribution < 1.29 is 23.5 Å². The number of nitrogens with zero attached hydrogens (tertiary/aromatic N) is 1. The number of benzene rings is 2. The van der Waals surface area contributed by atoms with Crippen LogP contribution in [0, 0.1) is 5.82 Å². The van der Waals surface area contributed by atoms with Gasteiger partial charge in [-0.25, -0.2) is 14.0 Å². The maximum Gasteiger partial charge on any atom is 0.338 e. The maximum absolute atomic E-state index is 13.8. The number of halogens is 1. The lowest BCUT2D eigenvalue weighted by Gasteiger charge is -2.34. The Balaban J connectivity index is 2.02. The Bertz CT molecular complexity index is 973. The van der Waals surface area contributed by atoms with Crippen molar-refractivity contribution in [3.05, 3.63) is 76.7 Å². The minimum Gasteiger partial charge on any atom is -0.487 e. The standard InChI is InChI=1S/C23H25FN2O4/c1-4-15-8-6-11-18(12-15)30-14-19-20(22(27)29-5-2)21(25-23(28)26(19)3)16-9-7-10-17(24)13-16/h6-13,21H,4-5,14H2,1-3H3,(H,25,28)/t21-/m1/s1. The van der Waals surface area contributed by atoms with Gasteiger partial charge in [-0.1, -0.05) is 31.2 Å². The van der Waals surface area contributed by atoms with E-state index in [2.05, 4.69) is 5.32 Å². The molecule has 7 heteroatoms. The van der Waals surface area contributed by atoms with E-state index in [1.165, 1.54) is 23.1 Å². The Kier molecular flexibility index (Phi) is 6.72. The number of likely N-dealkylation sites (N-methyl/N-ethyl adjacent to an activating group) is 1. The number of amides is 2. The van der Waals surface area contributed by atoms with Crippen LogP contribution in [0.1, 0.15) is 31.0 Å². The zero-order valence-corrected chi connectivity index (χ0v) is 17.3. The molecule has 1 aliphatic rings. The Morgan fingerprint density at radius 2 is 1.93 bits per heavy atom. The average Bonchev–Trinajstić information content (AvgIpc) is 2.74. The topological polar surface area (TPSA) is 67.9 Å². The van der Waals surface area contributed by atoms with Crippen molar-refractivity contribution in [2.75, 3.05) is 20.3 Å². The largest absolute Gasteiger partial charge is 0.487 e. The summed E-state index contributed by atoms with van der Waals surface area (Å²) in [4.78, 5) is 26.7. The molecule has 158 valence electrons. The third kappa shape index (κ3) is 4.62. The molecule has 0 aromatic heterocycles. The van der Waals surface area contributed by atoms with Gasteiger partial charge in [0.15, 0.2) is 0 Å². The lowest BCUT2D eigenvalue weighted by atomic mass is 9.94. The highest BCUT2D eigenvalue weighted by atomic mass is 19.1. The number of ether oxygens (including phenoxy) is 2. The lowest BCUT2D eigenvalue weighted by Crippen LogP contribution is -2.48. The number of nitrogens with one attached hydrogen (secondary N) is 1. The van der Waals surface area contributed by atoms with Crippen LogP contribution < -0.4 is 10.1 Å². The fraction of sp³-hybridized carbons (Fsp3) is 0.304. The Morgan fingerprint density at radius 1 is 1.17 bits per heavy atom. The summed E-state index contributed by atoms with van der Waals surface area (Å²) in [7, 11) is 1.55. The van der Waals surface area contributed by atoms with E-state index < -0.39 is 23.9 Å². The number of hydrogen-bond acceptors (Lipinski definition) is 4. The molecule has 1 N–H and O–H groups in total. The zero-order chi connectivity index (χ0) is 21.7. The van der Waals surface area contributed by atoms with Gasteiger partial charge in [0.25, 0.3) is 0 Å². The van der Waals surface area contributed by atoms with Gasteiger partial charge in [0.05, 0.1) is 23.9 Å². The normalized spacial score (nSPS) is 16.3. The van der Waals surface area contributed by atoms with E-state index in [-0.39, 0.29) is 18.8 Å². The van der Waals surface area contributed by atoms with Gasteiger partial charge in [-0.2, -0.15) is 0 Å². The summed E-state index contributed by atoms with van der Waals surface area (Å²) in [6.07, 6.45) is 0.859. The van der Waals surface area contributed by atoms with Gasteiger partial charge in [0, 0.05) is 7.05 Å². The maximum atomic E-state index is 13.8. The van der Waals surface area contributed by atoms with Crippen molar-refractivity contribution in [3.8, 4) is 5.75 Å². The summed E-state index contributed by atoms with van der Waals surface area (Å²) in [6, 6.07) is 12.1. The molecule has 6 nitrogen and oxygen atoms in total. The highest BCUT2D eigenvalue weighted by Gasteiger charge is 2.37. The van der Waals surface area contributed by atoms with Crippen LogP contribution >= 0.6 is 0 Å². The monoisotopic (exact) mass is 412 g/mol. The second-order valence-electron chi connectivity index (χ2n) is 6.87. The van der Waals surface area contributed by atoms with Gasteiger partial charge in [0.1, 0.15) is 18.2 Å². The minimum absolute atomic E-state index is 0.0168. The molecule has 0 bridgehead atoms. The van der Waals surface area contributed by atoms with Gasteiger partial charge in [0.2, 0.25) is 0 Å². The molecule has 0 saturated heterocycles. The molecule has 0 spiro atoms. The summed E-state index contributed by atoms with van der Waals surface area (Å²) in [5.74, 6) is -0.413. The number of carbonyl (C=O) groups is 2. The second-order valence-corrected chi connectivity index (χ2v) is 6.87. The fourth-order valence-corrected chi connectivity index (χ4v) is 3.32. The quantitative estimate of drug-likeness (QED) is 0.699. The molecule has 0 saturated carbocycles. The fourth-order valence-electron chi connectivity index (χ4n) is 3.32. The highest BCUT2D eigenvalue weighted by Crippen LogP contribution is 2.31. The lowest BCUT2D eigenvalue weighted by molar-refractivity contribution is -0.139. The van der Waals surface area contributed by atoms with Crippen LogP contribution in [0.4, 0.5) is 9.18 Å². The van der Waals surface area contributed by atoms with E-state index in [4.69, 9.17) is 9.47 Å². The van der Waals surface area contributed by atoms with Crippen LogP contribution in [0.3, 0.4) is 0 Å². The summed E-state index contributed by atoms with van der Waals surface area (Å²) >= 11 is 0. The van der Waals surface area contributed by atoms with E-state index in [1.54, 1.807) is 20.0 Å². The third-order valence-corrected chi connectivity index (χ3v) is 4.94. The van der Waals surface area contributed by atoms with E-state index in [0.29, 0.717) is 17.0 Å². The highest BCUT2D eigenvalue weighted by molar-refractivity contribution is 5.95. The van der Waals surface area contributed by atoms with Crippen LogP contribution in [-0.2, 0) is 16.0 Å². The summed E-state index contributed by atoms with van der Waals surface area (Å²) < 4.78 is 25.0. The van der Waals surface area contributed by atoms with E-state index >= 15 is 0 Å². The molecule has 1 aliphatic heterocycles. The van der Waals surface area contributed by atoms with E-state index in [9.17, 15) is 14.0 Å². The van der Waals surface area contributed by atoms with Gasteiger partial charge < -0.3 is 14.8 Å². The second kappa shape index (κ2) is 9.43. The Hall–Kier alpha value is -3.35. The summed E-state index contributed by atoms with van der Waals surface area (Å²) in [5, 5.41) is 2.75. The van der Waals surface area contributed by atoms with Crippen molar-refractivity contribution in [1.29, 1.82) is 0 Å². The van der Waals surface area contributed by atoms with Crippen LogP contribution in [-0.4, -0.2) is 37.2 Å². The van der Waals surface area contributed by atoms with Crippen LogP contribution in [0.2, 0.25) is 0 Å². The molecule has 2 aromatic rings. The first-order chi connectivity index (χ1) is 14.4. The molecule has 0 fully saturated rings. The SMILES string of the molecule is CCOC(=O)C1=C(COc2cccc(CC)c2)N(C)C(=O)N[C@@H]1c1cccc(F)c1.